The number of benzene rings is 1. The number of nitrogens with one attached hydrogen (secondary N) is 1. The van der Waals surface area contributed by atoms with Crippen LogP contribution in [0.3, 0.4) is 0 Å². The van der Waals surface area contributed by atoms with Gasteiger partial charge in [-0.25, -0.2) is 13.8 Å². The van der Waals surface area contributed by atoms with Crippen LogP contribution in [0.25, 0.3) is 22.8 Å². The van der Waals surface area contributed by atoms with E-state index in [-0.39, 0.29) is 22.6 Å². The van der Waals surface area contributed by atoms with Crippen LogP contribution in [0, 0.1) is 24.0 Å². The summed E-state index contributed by atoms with van der Waals surface area (Å²) in [5.41, 5.74) is 2.49. The molecule has 2 aliphatic carbocycles. The van der Waals surface area contributed by atoms with E-state index in [2.05, 4.69) is 44.2 Å². The summed E-state index contributed by atoms with van der Waals surface area (Å²) in [6.07, 6.45) is 5.19. The predicted molar refractivity (Wildman–Crippen MR) is 116 cm³/mol. The maximum Gasteiger partial charge on any atom is 0.181 e. The van der Waals surface area contributed by atoms with Crippen molar-refractivity contribution in [2.75, 3.05) is 0 Å². The van der Waals surface area contributed by atoms with E-state index in [1.54, 1.807) is 18.5 Å². The monoisotopic (exact) mass is 445 g/mol. The zero-order valence-corrected chi connectivity index (χ0v) is 18.4. The molecule has 1 N–H and O–H groups in total. The summed E-state index contributed by atoms with van der Waals surface area (Å²) in [6.45, 7) is 6.22. The first-order valence-corrected chi connectivity index (χ1v) is 10.9. The molecule has 0 saturated heterocycles. The largest absolute Gasteiger partial charge is 0.324 e. The third-order valence-electron chi connectivity index (χ3n) is 7.51. The number of H-pyrrole nitrogens is 1. The minimum Gasteiger partial charge on any atom is -0.324 e. The van der Waals surface area contributed by atoms with E-state index in [0.717, 1.165) is 29.8 Å². The Kier molecular flexibility index (Phi) is 4.06. The molecule has 0 unspecified atom stereocenters. The van der Waals surface area contributed by atoms with Gasteiger partial charge in [0, 0.05) is 6.20 Å². The van der Waals surface area contributed by atoms with Crippen LogP contribution in [0.1, 0.15) is 55.4 Å². The fraction of sp³-hybridized carbons (Fsp3) is 0.333. The zero-order chi connectivity index (χ0) is 23.0. The van der Waals surface area contributed by atoms with Gasteiger partial charge >= 0.3 is 0 Å². The fourth-order valence-electron chi connectivity index (χ4n) is 5.90. The van der Waals surface area contributed by atoms with Crippen LogP contribution in [0.4, 0.5) is 8.78 Å². The minimum absolute atomic E-state index is 0.148. The van der Waals surface area contributed by atoms with E-state index >= 15 is 0 Å². The number of hydrogen-bond donors (Lipinski definition) is 1. The second kappa shape index (κ2) is 6.69. The number of nitrogens with zero attached hydrogens (tertiary/aromatic N) is 6. The molecule has 3 aromatic heterocycles. The molecule has 33 heavy (non-hydrogen) atoms. The predicted octanol–water partition coefficient (Wildman–Crippen LogP) is 4.51. The lowest BCUT2D eigenvalue weighted by Crippen LogP contribution is -2.38. The summed E-state index contributed by atoms with van der Waals surface area (Å²) in [5, 5.41) is 17.0. The van der Waals surface area contributed by atoms with Crippen molar-refractivity contribution >= 4 is 0 Å². The number of aromatic amines is 1. The molecule has 1 saturated carbocycles. The van der Waals surface area contributed by atoms with Crippen molar-refractivity contribution in [2.45, 2.75) is 44.9 Å². The molecule has 3 heterocycles. The molecule has 7 nitrogen and oxygen atoms in total. The number of aromatic nitrogens is 7. The molecule has 0 aliphatic heterocycles. The maximum atomic E-state index is 14.4. The quantitative estimate of drug-likeness (QED) is 0.499. The Hall–Kier alpha value is -3.62. The summed E-state index contributed by atoms with van der Waals surface area (Å²) in [7, 11) is 0. The highest BCUT2D eigenvalue weighted by Gasteiger charge is 2.65. The van der Waals surface area contributed by atoms with E-state index in [1.165, 1.54) is 18.2 Å². The van der Waals surface area contributed by atoms with Crippen LogP contribution in [0.2, 0.25) is 0 Å². The maximum absolute atomic E-state index is 14.4. The first kappa shape index (κ1) is 20.0. The van der Waals surface area contributed by atoms with Crippen LogP contribution in [0.5, 0.6) is 0 Å². The van der Waals surface area contributed by atoms with Gasteiger partial charge in [0.05, 0.1) is 34.3 Å². The molecular weight excluding hydrogens is 424 g/mol. The van der Waals surface area contributed by atoms with Crippen molar-refractivity contribution in [3.05, 3.63) is 71.1 Å². The highest BCUT2D eigenvalue weighted by Crippen LogP contribution is 2.69. The number of hydrogen-bond acceptors (Lipinski definition) is 6. The Balaban J connectivity index is 1.53. The number of rotatable bonds is 3. The van der Waals surface area contributed by atoms with Gasteiger partial charge in [-0.3, -0.25) is 4.98 Å². The van der Waals surface area contributed by atoms with E-state index in [4.69, 9.17) is 4.98 Å². The van der Waals surface area contributed by atoms with Gasteiger partial charge in [0.2, 0.25) is 0 Å². The summed E-state index contributed by atoms with van der Waals surface area (Å²) in [5.74, 6) is 0.112. The number of aryl methyl sites for hydroxylation is 1. The van der Waals surface area contributed by atoms with E-state index in [0.29, 0.717) is 17.3 Å². The average Bonchev–Trinajstić information content (AvgIpc) is 3.40. The Labute approximate surface area is 188 Å². The summed E-state index contributed by atoms with van der Waals surface area (Å²) < 4.78 is 28.9. The number of halogens is 2. The van der Waals surface area contributed by atoms with Gasteiger partial charge in [0.1, 0.15) is 23.2 Å². The van der Waals surface area contributed by atoms with Crippen molar-refractivity contribution in [1.29, 1.82) is 0 Å². The molecule has 1 aromatic carbocycles. The normalized spacial score (nSPS) is 22.5. The van der Waals surface area contributed by atoms with Gasteiger partial charge in [-0.2, -0.15) is 5.10 Å². The molecular formula is C24H21F2N7. The third-order valence-corrected chi connectivity index (χ3v) is 7.51. The molecule has 6 rings (SSSR count). The topological polar surface area (TPSA) is 93.1 Å². The van der Waals surface area contributed by atoms with Crippen molar-refractivity contribution in [2.24, 2.45) is 5.41 Å². The molecule has 0 spiro atoms. The highest BCUT2D eigenvalue weighted by molar-refractivity contribution is 5.64. The zero-order valence-electron chi connectivity index (χ0n) is 18.4. The van der Waals surface area contributed by atoms with Crippen molar-refractivity contribution in [3.63, 3.8) is 0 Å². The molecule has 166 valence electrons. The molecule has 2 bridgehead atoms. The molecule has 0 radical (unpaired) electrons. The van der Waals surface area contributed by atoms with Gasteiger partial charge < -0.3 is 4.98 Å². The summed E-state index contributed by atoms with van der Waals surface area (Å²) >= 11 is 0. The average molecular weight is 445 g/mol. The Morgan fingerprint density at radius 3 is 2.52 bits per heavy atom. The smallest absolute Gasteiger partial charge is 0.181 e. The van der Waals surface area contributed by atoms with Crippen LogP contribution >= 0.6 is 0 Å². The SMILES string of the molecule is Cc1nnc(-c2cncc([C@]34CC[C@@H](c5cc(-c6c(F)cccc6F)nnc53)C4(C)C)n2)[nH]1. The second-order valence-corrected chi connectivity index (χ2v) is 9.40. The van der Waals surface area contributed by atoms with Gasteiger partial charge in [-0.15, -0.1) is 15.3 Å². The lowest BCUT2D eigenvalue weighted by atomic mass is 9.66. The summed E-state index contributed by atoms with van der Waals surface area (Å²) in [4.78, 5) is 12.5. The minimum atomic E-state index is -0.651. The Bertz CT molecular complexity index is 1390. The number of fused-ring (bicyclic) bond motifs is 5. The molecule has 9 heteroatoms. The molecule has 0 amide bonds. The fourth-order valence-corrected chi connectivity index (χ4v) is 5.90. The van der Waals surface area contributed by atoms with Gasteiger partial charge in [0.25, 0.3) is 0 Å². The molecule has 2 atom stereocenters. The van der Waals surface area contributed by atoms with E-state index in [1.807, 2.05) is 6.92 Å². The Morgan fingerprint density at radius 2 is 1.79 bits per heavy atom. The third kappa shape index (κ3) is 2.59. The van der Waals surface area contributed by atoms with Crippen LogP contribution in [-0.2, 0) is 5.41 Å². The Morgan fingerprint density at radius 1 is 1.00 bits per heavy atom. The van der Waals surface area contributed by atoms with Crippen LogP contribution < -0.4 is 0 Å². The molecule has 1 fully saturated rings. The van der Waals surface area contributed by atoms with E-state index in [9.17, 15) is 8.78 Å². The lowest BCUT2D eigenvalue weighted by Gasteiger charge is -2.37. The van der Waals surface area contributed by atoms with Gasteiger partial charge in [-0.05, 0) is 54.9 Å². The molecule has 4 aromatic rings. The van der Waals surface area contributed by atoms with Gasteiger partial charge in [-0.1, -0.05) is 19.9 Å². The van der Waals surface area contributed by atoms with Crippen LogP contribution in [-0.4, -0.2) is 35.3 Å². The lowest BCUT2D eigenvalue weighted by molar-refractivity contribution is 0.242. The van der Waals surface area contributed by atoms with Crippen molar-refractivity contribution in [3.8, 4) is 22.8 Å². The first-order chi connectivity index (χ1) is 15.8. The van der Waals surface area contributed by atoms with Crippen molar-refractivity contribution in [1.82, 2.24) is 35.3 Å². The molecule has 2 aliphatic rings. The first-order valence-electron chi connectivity index (χ1n) is 10.9. The van der Waals surface area contributed by atoms with E-state index < -0.39 is 17.0 Å². The van der Waals surface area contributed by atoms with Crippen LogP contribution in [0.15, 0.2) is 36.7 Å². The van der Waals surface area contributed by atoms with Crippen molar-refractivity contribution < 1.29 is 8.78 Å². The second-order valence-electron chi connectivity index (χ2n) is 9.40. The summed E-state index contributed by atoms with van der Waals surface area (Å²) in [6, 6.07) is 5.61. The standard InChI is InChI=1S/C24H21F2N7/c1-12-28-22(33-30-12)18-10-27-11-19(29-18)24-8-7-14(23(24,2)3)13-9-17(31-32-21(13)24)20-15(25)5-4-6-16(20)26/h4-6,9-11,14H,7-8H2,1-3H3,(H,28,30,33)/t14-,24+/m0/s1. The highest BCUT2D eigenvalue weighted by atomic mass is 19.1. The van der Waals surface area contributed by atoms with Gasteiger partial charge in [0.15, 0.2) is 5.82 Å².